The second kappa shape index (κ2) is 11.0. The van der Waals surface area contributed by atoms with Crippen LogP contribution in [0.1, 0.15) is 48.5 Å². The molecule has 0 aliphatic heterocycles. The molecular weight excluding hydrogens is 483 g/mol. The van der Waals surface area contributed by atoms with Crippen LogP contribution in [0.15, 0.2) is 28.1 Å². The highest BCUT2D eigenvalue weighted by Gasteiger charge is 2.16. The molecule has 2 N–H and O–H groups in total. The largest absolute Gasteiger partial charge is 0.354 e. The molecule has 0 unspecified atom stereocenters. The molecular formula is C20H31IN6S. The van der Waals surface area contributed by atoms with Crippen molar-refractivity contribution in [3.05, 3.63) is 41.0 Å². The van der Waals surface area contributed by atoms with Gasteiger partial charge in [-0.3, -0.25) is 0 Å². The molecule has 1 aliphatic carbocycles. The molecule has 1 aromatic carbocycles. The Labute approximate surface area is 189 Å². The number of rotatable bonds is 6. The average molecular weight is 514 g/mol. The lowest BCUT2D eigenvalue weighted by molar-refractivity contribution is 0.606. The Morgan fingerprint density at radius 2 is 2.00 bits per heavy atom. The summed E-state index contributed by atoms with van der Waals surface area (Å²) in [6.07, 6.45) is 7.13. The van der Waals surface area contributed by atoms with Gasteiger partial charge in [0.25, 0.3) is 0 Å². The van der Waals surface area contributed by atoms with Gasteiger partial charge in [-0.25, -0.2) is 4.99 Å². The molecule has 0 saturated heterocycles. The maximum Gasteiger partial charge on any atom is 0.192 e. The summed E-state index contributed by atoms with van der Waals surface area (Å²) in [5, 5.41) is 15.4. The van der Waals surface area contributed by atoms with Crippen LogP contribution < -0.4 is 10.6 Å². The van der Waals surface area contributed by atoms with Gasteiger partial charge in [-0.1, -0.05) is 25.0 Å². The summed E-state index contributed by atoms with van der Waals surface area (Å²) in [6.45, 7) is 5.36. The fourth-order valence-electron chi connectivity index (χ4n) is 3.33. The highest BCUT2D eigenvalue weighted by atomic mass is 127. The molecule has 1 aromatic heterocycles. The SMILES string of the molecule is CSc1cc(C)ccc1CN=C(NCc1nnc(C)n1C)NC1CCCC1.I. The van der Waals surface area contributed by atoms with Crippen molar-refractivity contribution in [2.24, 2.45) is 12.0 Å². The zero-order valence-corrected chi connectivity index (χ0v) is 20.3. The Bertz CT molecular complexity index is 798. The minimum absolute atomic E-state index is 0. The first-order valence-electron chi connectivity index (χ1n) is 9.60. The van der Waals surface area contributed by atoms with Crippen LogP contribution in [0.25, 0.3) is 0 Å². The molecule has 3 rings (SSSR count). The monoisotopic (exact) mass is 514 g/mol. The van der Waals surface area contributed by atoms with E-state index in [-0.39, 0.29) is 24.0 Å². The molecule has 154 valence electrons. The van der Waals surface area contributed by atoms with Gasteiger partial charge in [-0.05, 0) is 50.1 Å². The van der Waals surface area contributed by atoms with Crippen molar-refractivity contribution in [2.75, 3.05) is 6.26 Å². The Morgan fingerprint density at radius 3 is 2.64 bits per heavy atom. The molecule has 1 fully saturated rings. The predicted molar refractivity (Wildman–Crippen MR) is 127 cm³/mol. The predicted octanol–water partition coefficient (Wildman–Crippen LogP) is 3.95. The third-order valence-electron chi connectivity index (χ3n) is 5.14. The Balaban J connectivity index is 0.00000280. The first-order chi connectivity index (χ1) is 13.1. The van der Waals surface area contributed by atoms with Gasteiger partial charge in [0.2, 0.25) is 0 Å². The van der Waals surface area contributed by atoms with E-state index in [1.807, 2.05) is 18.5 Å². The number of halogens is 1. The number of hydrogen-bond acceptors (Lipinski definition) is 4. The molecule has 0 amide bonds. The van der Waals surface area contributed by atoms with Crippen LogP contribution in [0.5, 0.6) is 0 Å². The molecule has 0 spiro atoms. The van der Waals surface area contributed by atoms with E-state index in [0.717, 1.165) is 17.6 Å². The van der Waals surface area contributed by atoms with Crippen LogP contribution in [-0.2, 0) is 20.1 Å². The van der Waals surface area contributed by atoms with Crippen LogP contribution in [0.2, 0.25) is 0 Å². The number of aryl methyl sites for hydroxylation is 2. The van der Waals surface area contributed by atoms with Crippen molar-refractivity contribution in [1.82, 2.24) is 25.4 Å². The quantitative estimate of drug-likeness (QED) is 0.265. The fourth-order valence-corrected chi connectivity index (χ4v) is 4.03. The van der Waals surface area contributed by atoms with Gasteiger partial charge in [0.05, 0.1) is 13.1 Å². The normalized spacial score (nSPS) is 14.8. The van der Waals surface area contributed by atoms with Gasteiger partial charge in [0, 0.05) is 18.0 Å². The highest BCUT2D eigenvalue weighted by Crippen LogP contribution is 2.22. The Kier molecular flexibility index (Phi) is 9.07. The summed E-state index contributed by atoms with van der Waals surface area (Å²) in [7, 11) is 1.99. The van der Waals surface area contributed by atoms with Crippen LogP contribution >= 0.6 is 35.7 Å². The topological polar surface area (TPSA) is 67.1 Å². The maximum absolute atomic E-state index is 4.87. The summed E-state index contributed by atoms with van der Waals surface area (Å²) in [4.78, 5) is 6.17. The number of benzene rings is 1. The van der Waals surface area contributed by atoms with Crippen molar-refractivity contribution in [1.29, 1.82) is 0 Å². The number of hydrogen-bond donors (Lipinski definition) is 2. The molecule has 1 saturated carbocycles. The van der Waals surface area contributed by atoms with E-state index >= 15 is 0 Å². The second-order valence-corrected chi connectivity index (χ2v) is 8.03. The number of aliphatic imine (C=N–C) groups is 1. The molecule has 6 nitrogen and oxygen atoms in total. The van der Waals surface area contributed by atoms with Crippen molar-refractivity contribution < 1.29 is 0 Å². The first kappa shape index (κ1) is 23.0. The van der Waals surface area contributed by atoms with E-state index in [2.05, 4.69) is 52.2 Å². The average Bonchev–Trinajstić information content (AvgIpc) is 3.29. The lowest BCUT2D eigenvalue weighted by Gasteiger charge is -2.17. The lowest BCUT2D eigenvalue weighted by atomic mass is 10.1. The number of nitrogens with one attached hydrogen (secondary N) is 2. The van der Waals surface area contributed by atoms with Gasteiger partial charge >= 0.3 is 0 Å². The summed E-state index contributed by atoms with van der Waals surface area (Å²) < 4.78 is 2.01. The van der Waals surface area contributed by atoms with Crippen molar-refractivity contribution in [2.45, 2.75) is 63.6 Å². The van der Waals surface area contributed by atoms with Crippen molar-refractivity contribution in [3.8, 4) is 0 Å². The summed E-state index contributed by atoms with van der Waals surface area (Å²) in [5.41, 5.74) is 2.54. The zero-order valence-electron chi connectivity index (χ0n) is 17.2. The molecule has 8 heteroatoms. The molecule has 0 bridgehead atoms. The number of guanidine groups is 1. The number of thioether (sulfide) groups is 1. The molecule has 1 aliphatic rings. The van der Waals surface area contributed by atoms with E-state index in [4.69, 9.17) is 4.99 Å². The Morgan fingerprint density at radius 1 is 1.25 bits per heavy atom. The minimum atomic E-state index is 0. The van der Waals surface area contributed by atoms with E-state index in [1.165, 1.54) is 41.7 Å². The second-order valence-electron chi connectivity index (χ2n) is 7.18. The van der Waals surface area contributed by atoms with Gasteiger partial charge in [0.1, 0.15) is 5.82 Å². The van der Waals surface area contributed by atoms with Gasteiger partial charge in [0.15, 0.2) is 11.8 Å². The summed E-state index contributed by atoms with van der Waals surface area (Å²) >= 11 is 1.78. The molecule has 28 heavy (non-hydrogen) atoms. The van der Waals surface area contributed by atoms with Gasteiger partial charge in [-0.15, -0.1) is 45.9 Å². The summed E-state index contributed by atoms with van der Waals surface area (Å²) in [6, 6.07) is 7.08. The first-order valence-corrected chi connectivity index (χ1v) is 10.8. The minimum Gasteiger partial charge on any atom is -0.354 e. The molecule has 2 aromatic rings. The summed E-state index contributed by atoms with van der Waals surface area (Å²) in [5.74, 6) is 2.68. The Hall–Kier alpha value is -1.29. The third kappa shape index (κ3) is 6.10. The van der Waals surface area contributed by atoms with Crippen LogP contribution in [0.4, 0.5) is 0 Å². The maximum atomic E-state index is 4.87. The molecule has 1 heterocycles. The van der Waals surface area contributed by atoms with E-state index < -0.39 is 0 Å². The van der Waals surface area contributed by atoms with Gasteiger partial charge in [-0.2, -0.15) is 0 Å². The lowest BCUT2D eigenvalue weighted by Crippen LogP contribution is -2.42. The molecule has 0 radical (unpaired) electrons. The van der Waals surface area contributed by atoms with Crippen LogP contribution in [0.3, 0.4) is 0 Å². The number of nitrogens with zero attached hydrogens (tertiary/aromatic N) is 4. The van der Waals surface area contributed by atoms with Crippen LogP contribution in [-0.4, -0.2) is 33.0 Å². The zero-order chi connectivity index (χ0) is 19.2. The third-order valence-corrected chi connectivity index (χ3v) is 5.96. The smallest absolute Gasteiger partial charge is 0.192 e. The van der Waals surface area contributed by atoms with E-state index in [9.17, 15) is 0 Å². The van der Waals surface area contributed by atoms with Crippen LogP contribution in [0, 0.1) is 13.8 Å². The van der Waals surface area contributed by atoms with Crippen molar-refractivity contribution in [3.63, 3.8) is 0 Å². The standard InChI is InChI=1S/C20H30N6S.HI/c1-14-9-10-16(18(11-14)27-4)12-21-20(23-17-7-5-6-8-17)22-13-19-25-24-15(2)26(19)3;/h9-11,17H,5-8,12-13H2,1-4H3,(H2,21,22,23);1H. The van der Waals surface area contributed by atoms with Crippen molar-refractivity contribution >= 4 is 41.7 Å². The van der Waals surface area contributed by atoms with Gasteiger partial charge < -0.3 is 15.2 Å². The fraction of sp³-hybridized carbons (Fsp3) is 0.550. The number of aromatic nitrogens is 3. The van der Waals surface area contributed by atoms with E-state index in [0.29, 0.717) is 19.1 Å². The molecule has 0 atom stereocenters. The highest BCUT2D eigenvalue weighted by molar-refractivity contribution is 14.0. The van der Waals surface area contributed by atoms with E-state index in [1.54, 1.807) is 11.8 Å².